The zero-order valence-corrected chi connectivity index (χ0v) is 15.4. The fraction of sp³-hybridized carbons (Fsp3) is 0.368. The van der Waals surface area contributed by atoms with Crippen LogP contribution in [0.2, 0.25) is 5.15 Å². The maximum Gasteiger partial charge on any atom is 0.408 e. The van der Waals surface area contributed by atoms with Crippen molar-refractivity contribution < 1.29 is 9.53 Å². The predicted molar refractivity (Wildman–Crippen MR) is 97.2 cm³/mol. The van der Waals surface area contributed by atoms with Crippen molar-refractivity contribution in [3.05, 3.63) is 52.8 Å². The summed E-state index contributed by atoms with van der Waals surface area (Å²) >= 11 is 5.95. The van der Waals surface area contributed by atoms with Crippen molar-refractivity contribution in [2.45, 2.75) is 46.3 Å². The fourth-order valence-electron chi connectivity index (χ4n) is 2.49. The highest BCUT2D eigenvalue weighted by Crippen LogP contribution is 2.26. The Hall–Kier alpha value is -2.07. The number of benzene rings is 1. The summed E-state index contributed by atoms with van der Waals surface area (Å²) in [6.07, 6.45) is 1.27. The Balaban J connectivity index is 2.16. The Morgan fingerprint density at radius 3 is 2.46 bits per heavy atom. The van der Waals surface area contributed by atoms with E-state index in [0.717, 1.165) is 22.3 Å². The average molecular weight is 347 g/mol. The Morgan fingerprint density at radius 2 is 1.88 bits per heavy atom. The van der Waals surface area contributed by atoms with Crippen LogP contribution in [0.15, 0.2) is 36.5 Å². The number of rotatable bonds is 3. The van der Waals surface area contributed by atoms with Crippen molar-refractivity contribution >= 4 is 17.7 Å². The van der Waals surface area contributed by atoms with E-state index < -0.39 is 11.7 Å². The van der Waals surface area contributed by atoms with Gasteiger partial charge in [0.1, 0.15) is 10.8 Å². The summed E-state index contributed by atoms with van der Waals surface area (Å²) in [7, 11) is 0. The van der Waals surface area contributed by atoms with Gasteiger partial charge in [0.25, 0.3) is 0 Å². The van der Waals surface area contributed by atoms with Gasteiger partial charge >= 0.3 is 6.09 Å². The lowest BCUT2D eigenvalue weighted by molar-refractivity contribution is 0.0508. The molecule has 1 atom stereocenters. The van der Waals surface area contributed by atoms with Gasteiger partial charge in [-0.05, 0) is 69.0 Å². The molecule has 2 aromatic rings. The van der Waals surface area contributed by atoms with E-state index >= 15 is 0 Å². The summed E-state index contributed by atoms with van der Waals surface area (Å²) in [4.78, 5) is 15.9. The molecule has 0 aliphatic heterocycles. The van der Waals surface area contributed by atoms with E-state index in [9.17, 15) is 4.79 Å². The van der Waals surface area contributed by atoms with Crippen LogP contribution in [0.3, 0.4) is 0 Å². The predicted octanol–water partition coefficient (Wildman–Crippen LogP) is 5.30. The first-order valence-electron chi connectivity index (χ1n) is 7.88. The lowest BCUT2D eigenvalue weighted by atomic mass is 9.97. The van der Waals surface area contributed by atoms with E-state index in [-0.39, 0.29) is 6.04 Å². The lowest BCUT2D eigenvalue weighted by Crippen LogP contribution is -2.34. The van der Waals surface area contributed by atoms with Crippen molar-refractivity contribution in [2.75, 3.05) is 0 Å². The zero-order chi connectivity index (χ0) is 17.9. The summed E-state index contributed by atoms with van der Waals surface area (Å²) in [5.74, 6) is 0. The summed E-state index contributed by atoms with van der Waals surface area (Å²) in [5.41, 5.74) is 3.69. The molecule has 2 rings (SSSR count). The molecule has 24 heavy (non-hydrogen) atoms. The number of halogens is 1. The Morgan fingerprint density at radius 1 is 1.21 bits per heavy atom. The number of amides is 1. The maximum atomic E-state index is 11.9. The topological polar surface area (TPSA) is 51.2 Å². The molecular weight excluding hydrogens is 324 g/mol. The van der Waals surface area contributed by atoms with Crippen molar-refractivity contribution in [3.63, 3.8) is 0 Å². The lowest BCUT2D eigenvalue weighted by Gasteiger charge is -2.23. The number of carbonyl (C=O) groups is 1. The van der Waals surface area contributed by atoms with Crippen LogP contribution in [0.1, 0.15) is 44.9 Å². The third-order valence-electron chi connectivity index (χ3n) is 3.53. The van der Waals surface area contributed by atoms with E-state index in [4.69, 9.17) is 16.3 Å². The van der Waals surface area contributed by atoms with E-state index in [1.165, 1.54) is 0 Å². The average Bonchev–Trinajstić information content (AvgIpc) is 2.44. The number of ether oxygens (including phenoxy) is 1. The molecule has 1 aromatic carbocycles. The molecule has 0 saturated heterocycles. The van der Waals surface area contributed by atoms with Gasteiger partial charge in [-0.2, -0.15) is 0 Å². The fourth-order valence-corrected chi connectivity index (χ4v) is 2.66. The molecule has 0 unspecified atom stereocenters. The summed E-state index contributed by atoms with van der Waals surface area (Å²) in [6, 6.07) is 9.72. The molecule has 128 valence electrons. The number of carbonyl (C=O) groups excluding carboxylic acids is 1. The second-order valence-electron chi connectivity index (χ2n) is 6.81. The first kappa shape index (κ1) is 18.3. The molecule has 0 fully saturated rings. The third kappa shape index (κ3) is 4.96. The van der Waals surface area contributed by atoms with E-state index in [2.05, 4.69) is 16.4 Å². The highest BCUT2D eigenvalue weighted by molar-refractivity contribution is 6.29. The van der Waals surface area contributed by atoms with Gasteiger partial charge in [0.2, 0.25) is 0 Å². The number of nitrogens with zero attached hydrogens (tertiary/aromatic N) is 1. The number of hydrogen-bond acceptors (Lipinski definition) is 3. The molecule has 0 aliphatic carbocycles. The second-order valence-corrected chi connectivity index (χ2v) is 7.19. The number of hydrogen-bond donors (Lipinski definition) is 1. The van der Waals surface area contributed by atoms with Crippen LogP contribution < -0.4 is 5.32 Å². The van der Waals surface area contributed by atoms with Crippen molar-refractivity contribution in [1.29, 1.82) is 0 Å². The largest absolute Gasteiger partial charge is 0.444 e. The molecule has 5 heteroatoms. The number of nitrogens with one attached hydrogen (secondary N) is 1. The van der Waals surface area contributed by atoms with E-state index in [1.54, 1.807) is 6.20 Å². The van der Waals surface area contributed by atoms with E-state index in [0.29, 0.717) is 5.15 Å². The van der Waals surface area contributed by atoms with Crippen molar-refractivity contribution in [2.24, 2.45) is 0 Å². The van der Waals surface area contributed by atoms with Crippen molar-refractivity contribution in [3.8, 4) is 11.1 Å². The van der Waals surface area contributed by atoms with Crippen LogP contribution in [0.5, 0.6) is 0 Å². The minimum absolute atomic E-state index is 0.144. The van der Waals surface area contributed by atoms with Crippen molar-refractivity contribution in [1.82, 2.24) is 10.3 Å². The summed E-state index contributed by atoms with van der Waals surface area (Å²) < 4.78 is 5.30. The van der Waals surface area contributed by atoms with Gasteiger partial charge in [0.15, 0.2) is 0 Å². The van der Waals surface area contributed by atoms with Gasteiger partial charge in [-0.3, -0.25) is 0 Å². The van der Waals surface area contributed by atoms with Crippen LogP contribution >= 0.6 is 11.6 Å². The molecule has 0 saturated carbocycles. The Kier molecular flexibility index (Phi) is 5.50. The molecule has 0 bridgehead atoms. The maximum absolute atomic E-state index is 11.9. The van der Waals surface area contributed by atoms with Gasteiger partial charge in [0.05, 0.1) is 6.04 Å². The minimum atomic E-state index is -0.511. The number of pyridine rings is 1. The van der Waals surface area contributed by atoms with Crippen LogP contribution in [0.25, 0.3) is 11.1 Å². The first-order chi connectivity index (χ1) is 11.2. The van der Waals surface area contributed by atoms with Gasteiger partial charge in [0, 0.05) is 6.20 Å². The zero-order valence-electron chi connectivity index (χ0n) is 14.7. The quantitative estimate of drug-likeness (QED) is 0.767. The van der Waals surface area contributed by atoms with Crippen LogP contribution in [-0.2, 0) is 4.74 Å². The number of aromatic nitrogens is 1. The molecule has 0 radical (unpaired) electrons. The van der Waals surface area contributed by atoms with Gasteiger partial charge < -0.3 is 10.1 Å². The Bertz CT molecular complexity index is 738. The minimum Gasteiger partial charge on any atom is -0.444 e. The molecule has 1 N–H and O–H groups in total. The summed E-state index contributed by atoms with van der Waals surface area (Å²) in [5, 5.41) is 3.34. The molecule has 0 aliphatic rings. The van der Waals surface area contributed by atoms with Crippen LogP contribution in [0.4, 0.5) is 4.79 Å². The standard InChI is InChI=1S/C19H23ClN2O2/c1-12-10-14(15-8-9-21-17(20)11-15)6-7-16(12)13(2)22-18(23)24-19(3,4)5/h6-11,13H,1-5H3,(H,22,23)/t13-/m1/s1. The highest BCUT2D eigenvalue weighted by atomic mass is 35.5. The van der Waals surface area contributed by atoms with E-state index in [1.807, 2.05) is 58.9 Å². The molecule has 1 amide bonds. The number of alkyl carbamates (subject to hydrolysis) is 1. The van der Waals surface area contributed by atoms with Gasteiger partial charge in [-0.1, -0.05) is 29.8 Å². The second kappa shape index (κ2) is 7.22. The number of aryl methyl sites for hydroxylation is 1. The highest BCUT2D eigenvalue weighted by Gasteiger charge is 2.19. The monoisotopic (exact) mass is 346 g/mol. The smallest absolute Gasteiger partial charge is 0.408 e. The molecule has 4 nitrogen and oxygen atoms in total. The van der Waals surface area contributed by atoms with Crippen LogP contribution in [-0.4, -0.2) is 16.7 Å². The molecule has 0 spiro atoms. The molecular formula is C19H23ClN2O2. The third-order valence-corrected chi connectivity index (χ3v) is 3.74. The first-order valence-corrected chi connectivity index (χ1v) is 8.25. The molecule has 1 aromatic heterocycles. The SMILES string of the molecule is Cc1cc(-c2ccnc(Cl)c2)ccc1[C@@H](C)NC(=O)OC(C)(C)C. The normalized spacial score (nSPS) is 12.6. The van der Waals surface area contributed by atoms with Gasteiger partial charge in [-0.25, -0.2) is 9.78 Å². The van der Waals surface area contributed by atoms with Gasteiger partial charge in [-0.15, -0.1) is 0 Å². The molecule has 1 heterocycles. The summed E-state index contributed by atoms with van der Waals surface area (Å²) in [6.45, 7) is 9.50. The van der Waals surface area contributed by atoms with Crippen LogP contribution in [0, 0.1) is 6.92 Å². The Labute approximate surface area is 148 Å².